The van der Waals surface area contributed by atoms with Crippen LogP contribution >= 0.6 is 0 Å². The first kappa shape index (κ1) is 15.2. The molecule has 1 saturated heterocycles. The van der Waals surface area contributed by atoms with Crippen LogP contribution in [-0.2, 0) is 27.1 Å². The summed E-state index contributed by atoms with van der Waals surface area (Å²) >= 11 is 0. The topological polar surface area (TPSA) is 65.9 Å². The number of hydrogen-bond donors (Lipinski definition) is 0. The van der Waals surface area contributed by atoms with E-state index in [0.29, 0.717) is 6.61 Å². The largest absolute Gasteiger partial charge is 0.459 e. The SMILES string of the molecule is N#CC(=Cc1cc2c3c(c1)CCCN3CCC2)C(=O)OCC1CO1. The molecule has 0 aliphatic carbocycles. The van der Waals surface area contributed by atoms with Crippen molar-refractivity contribution in [1.29, 1.82) is 5.26 Å². The molecular formula is C19H20N2O3. The molecule has 1 atom stereocenters. The van der Waals surface area contributed by atoms with E-state index < -0.39 is 5.97 Å². The number of epoxide rings is 1. The number of hydrogen-bond acceptors (Lipinski definition) is 5. The summed E-state index contributed by atoms with van der Waals surface area (Å²) in [7, 11) is 0. The predicted octanol–water partition coefficient (Wildman–Crippen LogP) is 2.23. The Morgan fingerprint density at radius 3 is 2.58 bits per heavy atom. The second-order valence-electron chi connectivity index (χ2n) is 6.61. The number of carbonyl (C=O) groups is 1. The summed E-state index contributed by atoms with van der Waals surface area (Å²) in [4.78, 5) is 14.5. The third-order valence-electron chi connectivity index (χ3n) is 4.81. The van der Waals surface area contributed by atoms with E-state index in [1.807, 2.05) is 6.07 Å². The summed E-state index contributed by atoms with van der Waals surface area (Å²) < 4.78 is 10.1. The number of esters is 1. The molecule has 0 N–H and O–H groups in total. The molecule has 0 aromatic heterocycles. The van der Waals surface area contributed by atoms with Gasteiger partial charge in [-0.15, -0.1) is 0 Å². The summed E-state index contributed by atoms with van der Waals surface area (Å²) in [6.45, 7) is 3.12. The van der Waals surface area contributed by atoms with Crippen LogP contribution in [-0.4, -0.2) is 38.4 Å². The number of nitrogens with zero attached hydrogens (tertiary/aromatic N) is 2. The lowest BCUT2D eigenvalue weighted by atomic mass is 9.90. The van der Waals surface area contributed by atoms with Crippen molar-refractivity contribution < 1.29 is 14.3 Å². The standard InChI is InChI=1S/C19H20N2O3/c20-10-16(19(22)24-12-17-11-23-17)9-13-7-14-3-1-5-21-6-2-4-15(8-13)18(14)21/h7-9,17H,1-6,11-12H2. The zero-order chi connectivity index (χ0) is 16.5. The number of rotatable bonds is 4. The average Bonchev–Trinajstić information content (AvgIpc) is 3.42. The second-order valence-corrected chi connectivity index (χ2v) is 6.61. The van der Waals surface area contributed by atoms with Gasteiger partial charge in [0, 0.05) is 18.8 Å². The molecule has 3 aliphatic rings. The minimum absolute atomic E-state index is 0.00748. The summed E-state index contributed by atoms with van der Waals surface area (Å²) in [5.74, 6) is -0.569. The fourth-order valence-corrected chi connectivity index (χ4v) is 3.63. The summed E-state index contributed by atoms with van der Waals surface area (Å²) in [6.07, 6.45) is 6.11. The van der Waals surface area contributed by atoms with Crippen molar-refractivity contribution >= 4 is 17.7 Å². The van der Waals surface area contributed by atoms with Gasteiger partial charge in [-0.3, -0.25) is 0 Å². The number of ether oxygens (including phenoxy) is 2. The average molecular weight is 324 g/mol. The van der Waals surface area contributed by atoms with E-state index in [1.54, 1.807) is 6.08 Å². The van der Waals surface area contributed by atoms with E-state index in [0.717, 1.165) is 44.3 Å². The minimum Gasteiger partial charge on any atom is -0.459 e. The summed E-state index contributed by atoms with van der Waals surface area (Å²) in [5, 5.41) is 9.30. The Kier molecular flexibility index (Phi) is 3.99. The lowest BCUT2D eigenvalue weighted by Gasteiger charge is -2.37. The number of benzene rings is 1. The Labute approximate surface area is 141 Å². The molecule has 1 aromatic carbocycles. The lowest BCUT2D eigenvalue weighted by Crippen LogP contribution is -2.34. The Balaban J connectivity index is 1.61. The van der Waals surface area contributed by atoms with Crippen LogP contribution in [0.5, 0.6) is 0 Å². The minimum atomic E-state index is -0.569. The van der Waals surface area contributed by atoms with Crippen LogP contribution in [0.1, 0.15) is 29.5 Å². The predicted molar refractivity (Wildman–Crippen MR) is 89.6 cm³/mol. The lowest BCUT2D eigenvalue weighted by molar-refractivity contribution is -0.138. The van der Waals surface area contributed by atoms with Crippen LogP contribution in [0.25, 0.3) is 6.08 Å². The number of carbonyl (C=O) groups excluding carboxylic acids is 1. The van der Waals surface area contributed by atoms with Crippen molar-refractivity contribution in [2.24, 2.45) is 0 Å². The molecule has 0 amide bonds. The number of aryl methyl sites for hydroxylation is 2. The highest BCUT2D eigenvalue weighted by molar-refractivity contribution is 5.98. The quantitative estimate of drug-likeness (QED) is 0.368. The second kappa shape index (κ2) is 6.29. The molecule has 1 unspecified atom stereocenters. The highest BCUT2D eigenvalue weighted by Gasteiger charge is 2.26. The zero-order valence-corrected chi connectivity index (χ0v) is 13.6. The van der Waals surface area contributed by atoms with Gasteiger partial charge in [0.1, 0.15) is 24.4 Å². The normalized spacial score (nSPS) is 21.7. The van der Waals surface area contributed by atoms with Crippen molar-refractivity contribution in [2.45, 2.75) is 31.8 Å². The van der Waals surface area contributed by atoms with Crippen molar-refractivity contribution in [2.75, 3.05) is 31.2 Å². The van der Waals surface area contributed by atoms with E-state index in [2.05, 4.69) is 17.0 Å². The van der Waals surface area contributed by atoms with E-state index in [1.165, 1.54) is 16.8 Å². The third kappa shape index (κ3) is 3.02. The molecule has 0 saturated carbocycles. The first-order chi connectivity index (χ1) is 11.7. The Morgan fingerprint density at radius 1 is 1.33 bits per heavy atom. The van der Waals surface area contributed by atoms with Gasteiger partial charge in [-0.1, -0.05) is 0 Å². The molecule has 0 radical (unpaired) electrons. The fraction of sp³-hybridized carbons (Fsp3) is 0.474. The molecule has 5 nitrogen and oxygen atoms in total. The summed E-state index contributed by atoms with van der Waals surface area (Å²) in [5.41, 5.74) is 5.02. The van der Waals surface area contributed by atoms with Gasteiger partial charge in [-0.25, -0.2) is 4.79 Å². The molecule has 5 heteroatoms. The maximum absolute atomic E-state index is 12.0. The van der Waals surface area contributed by atoms with Crippen LogP contribution in [0, 0.1) is 11.3 Å². The third-order valence-corrected chi connectivity index (χ3v) is 4.81. The van der Waals surface area contributed by atoms with Gasteiger partial charge in [0.2, 0.25) is 0 Å². The van der Waals surface area contributed by atoms with Crippen molar-refractivity contribution in [1.82, 2.24) is 0 Å². The maximum atomic E-state index is 12.0. The van der Waals surface area contributed by atoms with Gasteiger partial charge < -0.3 is 14.4 Å². The molecule has 0 bridgehead atoms. The van der Waals surface area contributed by atoms with Crippen LogP contribution in [0.2, 0.25) is 0 Å². The molecule has 1 fully saturated rings. The molecule has 124 valence electrons. The van der Waals surface area contributed by atoms with Gasteiger partial charge in [0.05, 0.1) is 6.61 Å². The Hall–Kier alpha value is -2.32. The highest BCUT2D eigenvalue weighted by Crippen LogP contribution is 2.36. The Morgan fingerprint density at radius 2 is 2.00 bits per heavy atom. The van der Waals surface area contributed by atoms with Gasteiger partial charge in [-0.2, -0.15) is 5.26 Å². The number of anilines is 1. The monoisotopic (exact) mass is 324 g/mol. The van der Waals surface area contributed by atoms with E-state index >= 15 is 0 Å². The van der Waals surface area contributed by atoms with Crippen molar-refractivity contribution in [3.8, 4) is 6.07 Å². The molecule has 3 aliphatic heterocycles. The van der Waals surface area contributed by atoms with Crippen LogP contribution in [0.4, 0.5) is 5.69 Å². The van der Waals surface area contributed by atoms with Gasteiger partial charge in [-0.05, 0) is 60.6 Å². The van der Waals surface area contributed by atoms with Crippen LogP contribution < -0.4 is 4.90 Å². The first-order valence-electron chi connectivity index (χ1n) is 8.56. The van der Waals surface area contributed by atoms with Gasteiger partial charge in [0.25, 0.3) is 0 Å². The maximum Gasteiger partial charge on any atom is 0.348 e. The van der Waals surface area contributed by atoms with E-state index in [4.69, 9.17) is 9.47 Å². The van der Waals surface area contributed by atoms with Gasteiger partial charge in [0.15, 0.2) is 0 Å². The molecule has 4 rings (SSSR count). The molecule has 3 heterocycles. The zero-order valence-electron chi connectivity index (χ0n) is 13.6. The van der Waals surface area contributed by atoms with Crippen LogP contribution in [0.15, 0.2) is 17.7 Å². The highest BCUT2D eigenvalue weighted by atomic mass is 16.6. The fourth-order valence-electron chi connectivity index (χ4n) is 3.63. The molecule has 0 spiro atoms. The number of nitriles is 1. The first-order valence-corrected chi connectivity index (χ1v) is 8.56. The smallest absolute Gasteiger partial charge is 0.348 e. The molecule has 24 heavy (non-hydrogen) atoms. The van der Waals surface area contributed by atoms with E-state index in [9.17, 15) is 10.1 Å². The molecular weight excluding hydrogens is 304 g/mol. The summed E-state index contributed by atoms with van der Waals surface area (Å²) in [6, 6.07) is 6.20. The van der Waals surface area contributed by atoms with Crippen molar-refractivity contribution in [3.63, 3.8) is 0 Å². The van der Waals surface area contributed by atoms with Crippen LogP contribution in [0.3, 0.4) is 0 Å². The van der Waals surface area contributed by atoms with Gasteiger partial charge >= 0.3 is 5.97 Å². The van der Waals surface area contributed by atoms with Crippen molar-refractivity contribution in [3.05, 3.63) is 34.4 Å². The molecule has 1 aromatic rings. The van der Waals surface area contributed by atoms with E-state index in [-0.39, 0.29) is 18.3 Å². The Bertz CT molecular complexity index is 712.